The normalized spacial score (nSPS) is 11.9. The topological polar surface area (TPSA) is 69.8 Å². The van der Waals surface area contributed by atoms with Crippen LogP contribution in [0.25, 0.3) is 0 Å². The number of nitrogens with zero attached hydrogens (tertiary/aromatic N) is 1. The van der Waals surface area contributed by atoms with Gasteiger partial charge in [0.2, 0.25) is 0 Å². The summed E-state index contributed by atoms with van der Waals surface area (Å²) < 4.78 is 0. The first-order chi connectivity index (χ1) is 10.2. The highest BCUT2D eigenvalue weighted by molar-refractivity contribution is 5.94. The smallest absolute Gasteiger partial charge is 0.251 e. The van der Waals surface area contributed by atoms with E-state index in [9.17, 15) is 4.79 Å². The summed E-state index contributed by atoms with van der Waals surface area (Å²) in [7, 11) is 0. The van der Waals surface area contributed by atoms with Crippen LogP contribution in [0.3, 0.4) is 0 Å². The molecule has 0 saturated heterocycles. The van der Waals surface area contributed by atoms with Crippen LogP contribution in [0, 0.1) is 0 Å². The predicted octanol–water partition coefficient (Wildman–Crippen LogP) is 3.11. The van der Waals surface area contributed by atoms with Crippen LogP contribution in [0.1, 0.15) is 48.9 Å². The lowest BCUT2D eigenvalue weighted by atomic mass is 10.1. The molecule has 0 aliphatic heterocycles. The van der Waals surface area contributed by atoms with Gasteiger partial charge in [0.15, 0.2) is 0 Å². The number of amides is 1. The Bertz CT molecular complexity index is 548. The third-order valence-electron chi connectivity index (χ3n) is 3.29. The number of aromatic nitrogens is 2. The minimum absolute atomic E-state index is 0.0831. The first kappa shape index (κ1) is 15.1. The van der Waals surface area contributed by atoms with Crippen molar-refractivity contribution < 1.29 is 4.79 Å². The van der Waals surface area contributed by atoms with Gasteiger partial charge in [-0.1, -0.05) is 13.8 Å². The molecule has 0 saturated carbocycles. The van der Waals surface area contributed by atoms with Crippen molar-refractivity contribution in [3.05, 3.63) is 48.0 Å². The summed E-state index contributed by atoms with van der Waals surface area (Å²) in [5, 5.41) is 6.28. The maximum absolute atomic E-state index is 12.3. The fraction of sp³-hybridized carbons (Fsp3) is 0.375. The second-order valence-corrected chi connectivity index (χ2v) is 4.91. The highest BCUT2D eigenvalue weighted by Gasteiger charge is 2.15. The molecule has 112 valence electrons. The number of H-pyrrole nitrogens is 1. The number of anilines is 1. The standard InChI is InChI=1S/C16H22N4O/c1-3-9-17-13-7-5-12(6-8-13)16(21)20-14(4-2)15-18-10-11-19-15/h5-8,10-11,14,17H,3-4,9H2,1-2H3,(H,18,19)(H,20,21). The van der Waals surface area contributed by atoms with Crippen molar-refractivity contribution in [1.29, 1.82) is 0 Å². The van der Waals surface area contributed by atoms with Crippen LogP contribution < -0.4 is 10.6 Å². The summed E-state index contributed by atoms with van der Waals surface area (Å²) in [6, 6.07) is 7.44. The van der Waals surface area contributed by atoms with E-state index in [0.717, 1.165) is 30.9 Å². The monoisotopic (exact) mass is 286 g/mol. The first-order valence-electron chi connectivity index (χ1n) is 7.38. The molecule has 5 heteroatoms. The SMILES string of the molecule is CCCNc1ccc(C(=O)NC(CC)c2ncc[nH]2)cc1. The Kier molecular flexibility index (Phi) is 5.37. The van der Waals surface area contributed by atoms with Gasteiger partial charge in [-0.25, -0.2) is 4.98 Å². The molecule has 0 fully saturated rings. The number of rotatable bonds is 7. The Morgan fingerprint density at radius 2 is 2.05 bits per heavy atom. The number of benzene rings is 1. The van der Waals surface area contributed by atoms with E-state index in [4.69, 9.17) is 0 Å². The highest BCUT2D eigenvalue weighted by Crippen LogP contribution is 2.14. The van der Waals surface area contributed by atoms with Crippen molar-refractivity contribution in [1.82, 2.24) is 15.3 Å². The largest absolute Gasteiger partial charge is 0.385 e. The van der Waals surface area contributed by atoms with E-state index in [0.29, 0.717) is 5.56 Å². The molecular formula is C16H22N4O. The summed E-state index contributed by atoms with van der Waals surface area (Å²) >= 11 is 0. The van der Waals surface area contributed by atoms with Crippen LogP contribution in [-0.2, 0) is 0 Å². The van der Waals surface area contributed by atoms with Crippen molar-refractivity contribution in [2.75, 3.05) is 11.9 Å². The summed E-state index contributed by atoms with van der Waals surface area (Å²) in [6.45, 7) is 5.07. The number of carbonyl (C=O) groups excluding carboxylic acids is 1. The molecule has 0 bridgehead atoms. The van der Waals surface area contributed by atoms with Gasteiger partial charge in [0.1, 0.15) is 5.82 Å². The average molecular weight is 286 g/mol. The number of nitrogens with one attached hydrogen (secondary N) is 3. The van der Waals surface area contributed by atoms with Crippen molar-refractivity contribution >= 4 is 11.6 Å². The van der Waals surface area contributed by atoms with E-state index in [1.165, 1.54) is 0 Å². The first-order valence-corrected chi connectivity index (χ1v) is 7.38. The fourth-order valence-corrected chi connectivity index (χ4v) is 2.08. The zero-order chi connectivity index (χ0) is 15.1. The van der Waals surface area contributed by atoms with Crippen LogP contribution >= 0.6 is 0 Å². The molecule has 0 spiro atoms. The molecule has 1 aromatic carbocycles. The van der Waals surface area contributed by atoms with E-state index < -0.39 is 0 Å². The number of hydrogen-bond acceptors (Lipinski definition) is 3. The third-order valence-corrected chi connectivity index (χ3v) is 3.29. The molecule has 1 aromatic heterocycles. The lowest BCUT2D eigenvalue weighted by molar-refractivity contribution is 0.0934. The Labute approximate surface area is 125 Å². The van der Waals surface area contributed by atoms with Crippen LogP contribution in [0.2, 0.25) is 0 Å². The summed E-state index contributed by atoms with van der Waals surface area (Å²) in [5.41, 5.74) is 1.69. The molecule has 0 aliphatic carbocycles. The van der Waals surface area contributed by atoms with Gasteiger partial charge in [0.05, 0.1) is 6.04 Å². The van der Waals surface area contributed by atoms with Gasteiger partial charge in [-0.2, -0.15) is 0 Å². The molecule has 5 nitrogen and oxygen atoms in total. The number of aromatic amines is 1. The van der Waals surface area contributed by atoms with Gasteiger partial charge in [-0.05, 0) is 37.1 Å². The van der Waals surface area contributed by atoms with Gasteiger partial charge in [-0.3, -0.25) is 4.79 Å². The molecule has 2 rings (SSSR count). The van der Waals surface area contributed by atoms with Crippen LogP contribution in [0.15, 0.2) is 36.7 Å². The van der Waals surface area contributed by atoms with E-state index in [1.54, 1.807) is 12.4 Å². The Balaban J connectivity index is 1.99. The molecule has 1 heterocycles. The summed E-state index contributed by atoms with van der Waals surface area (Å²) in [6.07, 6.45) is 5.32. The van der Waals surface area contributed by atoms with Crippen LogP contribution in [0.5, 0.6) is 0 Å². The second-order valence-electron chi connectivity index (χ2n) is 4.91. The van der Waals surface area contributed by atoms with Crippen molar-refractivity contribution in [2.45, 2.75) is 32.7 Å². The zero-order valence-electron chi connectivity index (χ0n) is 12.5. The van der Waals surface area contributed by atoms with Gasteiger partial charge >= 0.3 is 0 Å². The number of hydrogen-bond donors (Lipinski definition) is 3. The van der Waals surface area contributed by atoms with Crippen molar-refractivity contribution in [3.8, 4) is 0 Å². The fourth-order valence-electron chi connectivity index (χ4n) is 2.08. The van der Waals surface area contributed by atoms with Crippen LogP contribution in [0.4, 0.5) is 5.69 Å². The lowest BCUT2D eigenvalue weighted by Gasteiger charge is -2.15. The van der Waals surface area contributed by atoms with E-state index in [2.05, 4.69) is 27.5 Å². The maximum atomic E-state index is 12.3. The van der Waals surface area contributed by atoms with E-state index in [1.807, 2.05) is 31.2 Å². The minimum Gasteiger partial charge on any atom is -0.385 e. The predicted molar refractivity (Wildman–Crippen MR) is 84.3 cm³/mol. The molecule has 0 radical (unpaired) electrons. The number of imidazole rings is 1. The maximum Gasteiger partial charge on any atom is 0.251 e. The minimum atomic E-state index is -0.0922. The average Bonchev–Trinajstić information content (AvgIpc) is 3.05. The zero-order valence-corrected chi connectivity index (χ0v) is 12.5. The Morgan fingerprint density at radius 3 is 2.62 bits per heavy atom. The second kappa shape index (κ2) is 7.47. The summed E-state index contributed by atoms with van der Waals surface area (Å²) in [5.74, 6) is 0.701. The van der Waals surface area contributed by atoms with Gasteiger partial charge in [0, 0.05) is 30.2 Å². The van der Waals surface area contributed by atoms with Gasteiger partial charge in [0.25, 0.3) is 5.91 Å². The molecule has 3 N–H and O–H groups in total. The molecule has 1 atom stereocenters. The Hall–Kier alpha value is -2.30. The van der Waals surface area contributed by atoms with Crippen LogP contribution in [-0.4, -0.2) is 22.4 Å². The Morgan fingerprint density at radius 1 is 1.29 bits per heavy atom. The molecular weight excluding hydrogens is 264 g/mol. The molecule has 2 aromatic rings. The quantitative estimate of drug-likeness (QED) is 0.732. The van der Waals surface area contributed by atoms with Crippen molar-refractivity contribution in [3.63, 3.8) is 0 Å². The van der Waals surface area contributed by atoms with Gasteiger partial charge in [-0.15, -0.1) is 0 Å². The summed E-state index contributed by atoms with van der Waals surface area (Å²) in [4.78, 5) is 19.5. The molecule has 1 amide bonds. The van der Waals surface area contributed by atoms with E-state index in [-0.39, 0.29) is 11.9 Å². The molecule has 1 unspecified atom stereocenters. The molecule has 0 aliphatic rings. The third kappa shape index (κ3) is 4.08. The van der Waals surface area contributed by atoms with Crippen molar-refractivity contribution in [2.24, 2.45) is 0 Å². The highest BCUT2D eigenvalue weighted by atomic mass is 16.1. The number of carbonyl (C=O) groups is 1. The molecule has 21 heavy (non-hydrogen) atoms. The van der Waals surface area contributed by atoms with E-state index >= 15 is 0 Å². The lowest BCUT2D eigenvalue weighted by Crippen LogP contribution is -2.28. The van der Waals surface area contributed by atoms with Gasteiger partial charge < -0.3 is 15.6 Å².